The summed E-state index contributed by atoms with van der Waals surface area (Å²) in [4.78, 5) is 46.4. The molecular weight excluding hydrogens is 638 g/mol. The number of carbonyl (C=O) groups excluding carboxylic acids is 3. The maximum absolute atomic E-state index is 16.6. The largest absolute Gasteiger partial charge is 0.394 e. The summed E-state index contributed by atoms with van der Waals surface area (Å²) in [5, 5.41) is 10.3. The van der Waals surface area contributed by atoms with Crippen LogP contribution in [0.5, 0.6) is 0 Å². The highest BCUT2D eigenvalue weighted by atomic mass is 28.4. The standard InChI is InChI=1S/C39H40FN3O5Si/c1-26-37(49(2,3)40)35(22-36(46)41-23-28-13-11-10-12-27(28)20-32(41)24-44)48-39(26)33-21-31(42(25-45)29-14-6-4-7-15-29)18-19-34(33)43(38(39)47)30-16-8-5-9-17-30/h4-19,21,25-26,32,35,37,44H,20,22-24H2,1-3H3/t26-,32+,35+,37-,39+/m1/s1. The van der Waals surface area contributed by atoms with E-state index in [1.165, 1.54) is 4.90 Å². The van der Waals surface area contributed by atoms with Crippen molar-refractivity contribution in [2.24, 2.45) is 5.92 Å². The van der Waals surface area contributed by atoms with Gasteiger partial charge in [-0.05, 0) is 73.1 Å². The fraction of sp³-hybridized carbons (Fsp3) is 0.308. The molecule has 4 aromatic rings. The van der Waals surface area contributed by atoms with Gasteiger partial charge in [-0.15, -0.1) is 0 Å². The van der Waals surface area contributed by atoms with Gasteiger partial charge in [0.15, 0.2) is 5.60 Å². The molecule has 0 radical (unpaired) electrons. The second-order valence-corrected chi connectivity index (χ2v) is 17.6. The first kappa shape index (κ1) is 32.9. The lowest BCUT2D eigenvalue weighted by Crippen LogP contribution is -2.48. The van der Waals surface area contributed by atoms with E-state index >= 15 is 4.11 Å². The molecule has 0 bridgehead atoms. The van der Waals surface area contributed by atoms with Crippen LogP contribution in [0.4, 0.5) is 26.9 Å². The van der Waals surface area contributed by atoms with Gasteiger partial charge in [0.25, 0.3) is 5.91 Å². The van der Waals surface area contributed by atoms with E-state index < -0.39 is 37.6 Å². The molecule has 4 aromatic carbocycles. The van der Waals surface area contributed by atoms with Crippen molar-refractivity contribution in [3.8, 4) is 0 Å². The van der Waals surface area contributed by atoms with Crippen LogP contribution in [0.25, 0.3) is 0 Å². The molecule has 3 heterocycles. The maximum Gasteiger partial charge on any atom is 0.268 e. The highest BCUT2D eigenvalue weighted by Gasteiger charge is 2.67. The van der Waals surface area contributed by atoms with Gasteiger partial charge in [0.05, 0.1) is 30.9 Å². The smallest absolute Gasteiger partial charge is 0.268 e. The zero-order valence-electron chi connectivity index (χ0n) is 27.8. The van der Waals surface area contributed by atoms with E-state index in [4.69, 9.17) is 4.74 Å². The minimum Gasteiger partial charge on any atom is -0.394 e. The maximum atomic E-state index is 16.6. The molecule has 1 fully saturated rings. The molecule has 3 amide bonds. The lowest BCUT2D eigenvalue weighted by molar-refractivity contribution is -0.150. The van der Waals surface area contributed by atoms with Crippen LogP contribution in [0.2, 0.25) is 18.6 Å². The van der Waals surface area contributed by atoms with E-state index in [1.54, 1.807) is 35.0 Å². The molecule has 0 unspecified atom stereocenters. The summed E-state index contributed by atoms with van der Waals surface area (Å²) in [5.74, 6) is -1.24. The first-order valence-corrected chi connectivity index (χ1v) is 19.7. The number of fused-ring (bicyclic) bond motifs is 3. The van der Waals surface area contributed by atoms with Crippen molar-refractivity contribution in [2.75, 3.05) is 16.4 Å². The number of rotatable bonds is 8. The number of amides is 3. The third-order valence-electron chi connectivity index (χ3n) is 10.5. The second-order valence-electron chi connectivity index (χ2n) is 13.8. The molecule has 8 nitrogen and oxygen atoms in total. The van der Waals surface area contributed by atoms with Crippen molar-refractivity contribution in [3.05, 3.63) is 120 Å². The Labute approximate surface area is 286 Å². The van der Waals surface area contributed by atoms with Gasteiger partial charge in [0, 0.05) is 40.6 Å². The van der Waals surface area contributed by atoms with Crippen molar-refractivity contribution in [1.29, 1.82) is 0 Å². The zero-order chi connectivity index (χ0) is 34.5. The minimum atomic E-state index is -3.57. The van der Waals surface area contributed by atoms with E-state index in [9.17, 15) is 19.5 Å². The van der Waals surface area contributed by atoms with Gasteiger partial charge in [0.2, 0.25) is 20.7 Å². The first-order chi connectivity index (χ1) is 23.6. The van der Waals surface area contributed by atoms with E-state index in [1.807, 2.05) is 97.9 Å². The van der Waals surface area contributed by atoms with E-state index in [-0.39, 0.29) is 24.8 Å². The first-order valence-electron chi connectivity index (χ1n) is 16.8. The van der Waals surface area contributed by atoms with E-state index in [0.29, 0.717) is 41.3 Å². The van der Waals surface area contributed by atoms with Crippen molar-refractivity contribution < 1.29 is 28.3 Å². The molecule has 1 saturated heterocycles. The summed E-state index contributed by atoms with van der Waals surface area (Å²) in [6, 6.07) is 31.3. The van der Waals surface area contributed by atoms with Crippen LogP contribution in [-0.4, -0.2) is 55.4 Å². The molecule has 3 aliphatic heterocycles. The number of ether oxygens (including phenoxy) is 1. The third-order valence-corrected chi connectivity index (χ3v) is 13.0. The van der Waals surface area contributed by atoms with Crippen LogP contribution < -0.4 is 9.80 Å². The Morgan fingerprint density at radius 3 is 2.29 bits per heavy atom. The van der Waals surface area contributed by atoms with E-state index in [2.05, 4.69) is 0 Å². The van der Waals surface area contributed by atoms with Crippen LogP contribution in [0.1, 0.15) is 30.0 Å². The Hall–Kier alpha value is -4.64. The number of benzene rings is 4. The highest BCUT2D eigenvalue weighted by molar-refractivity contribution is 6.72. The fourth-order valence-corrected chi connectivity index (χ4v) is 10.8. The van der Waals surface area contributed by atoms with Crippen LogP contribution in [0, 0.1) is 5.92 Å². The minimum absolute atomic E-state index is 0.131. The van der Waals surface area contributed by atoms with Gasteiger partial charge < -0.3 is 18.9 Å². The number of anilines is 4. The topological polar surface area (TPSA) is 90.4 Å². The summed E-state index contributed by atoms with van der Waals surface area (Å²) >= 11 is 0. The van der Waals surface area contributed by atoms with Crippen molar-refractivity contribution in [2.45, 2.75) is 62.7 Å². The molecular formula is C39H40FN3O5Si. The van der Waals surface area contributed by atoms with Crippen molar-refractivity contribution in [1.82, 2.24) is 4.90 Å². The molecule has 10 heteroatoms. The number of aliphatic hydroxyl groups is 1. The van der Waals surface area contributed by atoms with Crippen LogP contribution in [0.3, 0.4) is 0 Å². The monoisotopic (exact) mass is 677 g/mol. The molecule has 1 spiro atoms. The molecule has 0 aromatic heterocycles. The fourth-order valence-electron chi connectivity index (χ4n) is 8.33. The number of hydrogen-bond acceptors (Lipinski definition) is 5. The normalized spacial score (nSPS) is 24.6. The van der Waals surface area contributed by atoms with Crippen LogP contribution >= 0.6 is 0 Å². The molecule has 49 heavy (non-hydrogen) atoms. The number of nitrogens with zero attached hydrogens (tertiary/aromatic N) is 3. The number of para-hydroxylation sites is 2. The average molecular weight is 678 g/mol. The molecule has 7 rings (SSSR count). The zero-order valence-corrected chi connectivity index (χ0v) is 28.8. The third kappa shape index (κ3) is 5.48. The molecule has 3 aliphatic rings. The number of hydrogen-bond donors (Lipinski definition) is 1. The second kappa shape index (κ2) is 12.7. The van der Waals surface area contributed by atoms with Crippen LogP contribution in [-0.2, 0) is 37.7 Å². The molecule has 0 saturated carbocycles. The summed E-state index contributed by atoms with van der Waals surface area (Å²) in [7, 11) is -3.57. The number of aliphatic hydroxyl groups excluding tert-OH is 1. The van der Waals surface area contributed by atoms with Crippen molar-refractivity contribution in [3.63, 3.8) is 0 Å². The summed E-state index contributed by atoms with van der Waals surface area (Å²) < 4.78 is 23.5. The van der Waals surface area contributed by atoms with Crippen LogP contribution in [0.15, 0.2) is 103 Å². The summed E-state index contributed by atoms with van der Waals surface area (Å²) in [6.45, 7) is 5.21. The van der Waals surface area contributed by atoms with Gasteiger partial charge in [0.1, 0.15) is 0 Å². The van der Waals surface area contributed by atoms with E-state index in [0.717, 1.165) is 17.5 Å². The molecule has 0 aliphatic carbocycles. The lowest BCUT2D eigenvalue weighted by Gasteiger charge is -2.37. The molecule has 1 N–H and O–H groups in total. The number of carbonyl (C=O) groups is 3. The van der Waals surface area contributed by atoms with Gasteiger partial charge in [-0.25, -0.2) is 0 Å². The Bertz CT molecular complexity index is 1890. The Kier molecular flexibility index (Phi) is 8.50. The predicted octanol–water partition coefficient (Wildman–Crippen LogP) is 6.77. The van der Waals surface area contributed by atoms with Gasteiger partial charge in [-0.1, -0.05) is 67.6 Å². The summed E-state index contributed by atoms with van der Waals surface area (Å²) in [6.07, 6.45) is 0.225. The van der Waals surface area contributed by atoms with Crippen molar-refractivity contribution >= 4 is 49.4 Å². The SMILES string of the molecule is C[C@@H]1[C@@H]([Si](C)(C)F)[C@H](CC(=O)N2Cc3ccccc3C[C@H]2CO)O[C@@]12C(=O)N(c1ccccc1)c1ccc(N(C=O)c3ccccc3)cc12. The number of halogens is 1. The summed E-state index contributed by atoms with van der Waals surface area (Å²) in [5.41, 5.74) is 2.73. The Morgan fingerprint density at radius 1 is 0.980 bits per heavy atom. The molecule has 252 valence electrons. The Morgan fingerprint density at radius 2 is 1.63 bits per heavy atom. The van der Waals surface area contributed by atoms with Gasteiger partial charge >= 0.3 is 0 Å². The Balaban J connectivity index is 1.31. The predicted molar refractivity (Wildman–Crippen MR) is 189 cm³/mol. The highest BCUT2D eigenvalue weighted by Crippen LogP contribution is 2.61. The lowest BCUT2D eigenvalue weighted by atomic mass is 9.82. The van der Waals surface area contributed by atoms with Gasteiger partial charge in [-0.3, -0.25) is 24.2 Å². The molecule has 5 atom stereocenters. The average Bonchev–Trinajstić information content (AvgIpc) is 3.54. The van der Waals surface area contributed by atoms with Gasteiger partial charge in [-0.2, -0.15) is 0 Å². The quantitative estimate of drug-likeness (QED) is 0.126.